The number of unbranched alkanes of at least 4 members (excludes halogenated alkanes) is 1. The minimum atomic E-state index is -3.28. The molecular formula is C11H17NO3S. The lowest BCUT2D eigenvalue weighted by molar-refractivity contribution is 0.463. The Balaban J connectivity index is 3.05. The van der Waals surface area contributed by atoms with E-state index < -0.39 is 9.84 Å². The molecule has 0 atom stereocenters. The summed E-state index contributed by atoms with van der Waals surface area (Å²) in [7, 11) is -3.28. The van der Waals surface area contributed by atoms with Crippen molar-refractivity contribution in [1.82, 2.24) is 0 Å². The zero-order valence-electron chi connectivity index (χ0n) is 9.31. The third-order valence-corrected chi connectivity index (χ3v) is 3.57. The molecule has 0 fully saturated rings. The van der Waals surface area contributed by atoms with Crippen molar-refractivity contribution >= 4 is 9.84 Å². The van der Waals surface area contributed by atoms with Crippen molar-refractivity contribution in [3.8, 4) is 5.75 Å². The molecular weight excluding hydrogens is 226 g/mol. The first-order valence-corrected chi connectivity index (χ1v) is 7.07. The van der Waals surface area contributed by atoms with Gasteiger partial charge in [-0.2, -0.15) is 0 Å². The maximum atomic E-state index is 11.5. The predicted molar refractivity (Wildman–Crippen MR) is 63.2 cm³/mol. The predicted octanol–water partition coefficient (Wildman–Crippen LogP) is 1.08. The van der Waals surface area contributed by atoms with Gasteiger partial charge >= 0.3 is 0 Å². The van der Waals surface area contributed by atoms with Crippen molar-refractivity contribution in [2.24, 2.45) is 5.73 Å². The number of phenolic OH excluding ortho intramolecular Hbond substituents is 1. The molecule has 0 bridgehead atoms. The quantitative estimate of drug-likeness (QED) is 0.758. The highest BCUT2D eigenvalue weighted by Gasteiger charge is 2.15. The van der Waals surface area contributed by atoms with Crippen LogP contribution in [0.1, 0.15) is 18.4 Å². The van der Waals surface area contributed by atoms with Crippen LogP contribution in [0, 0.1) is 0 Å². The lowest BCUT2D eigenvalue weighted by atomic mass is 10.1. The van der Waals surface area contributed by atoms with E-state index in [-0.39, 0.29) is 10.6 Å². The van der Waals surface area contributed by atoms with Crippen LogP contribution in [-0.4, -0.2) is 26.3 Å². The number of sulfone groups is 1. The molecule has 1 aromatic carbocycles. The number of hydrogen-bond donors (Lipinski definition) is 2. The van der Waals surface area contributed by atoms with E-state index in [0.717, 1.165) is 19.1 Å². The molecule has 0 unspecified atom stereocenters. The average Bonchev–Trinajstić information content (AvgIpc) is 2.19. The molecule has 4 nitrogen and oxygen atoms in total. The van der Waals surface area contributed by atoms with Gasteiger partial charge < -0.3 is 10.8 Å². The second-order valence-corrected chi connectivity index (χ2v) is 5.76. The third kappa shape index (κ3) is 3.21. The van der Waals surface area contributed by atoms with Crippen LogP contribution in [0.15, 0.2) is 23.1 Å². The second kappa shape index (κ2) is 5.32. The monoisotopic (exact) mass is 243 g/mol. The smallest absolute Gasteiger partial charge is 0.175 e. The number of nitrogens with two attached hydrogens (primary N) is 1. The fourth-order valence-electron chi connectivity index (χ4n) is 1.60. The van der Waals surface area contributed by atoms with Crippen molar-refractivity contribution in [2.75, 3.05) is 12.8 Å². The zero-order chi connectivity index (χ0) is 12.2. The Kier molecular flexibility index (Phi) is 4.32. The lowest BCUT2D eigenvalue weighted by Gasteiger charge is -2.09. The van der Waals surface area contributed by atoms with Crippen molar-refractivity contribution in [1.29, 1.82) is 0 Å². The number of benzene rings is 1. The van der Waals surface area contributed by atoms with E-state index in [2.05, 4.69) is 0 Å². The maximum Gasteiger partial charge on any atom is 0.175 e. The summed E-state index contributed by atoms with van der Waals surface area (Å²) in [5, 5.41) is 9.66. The molecule has 5 heteroatoms. The molecule has 0 aliphatic carbocycles. The van der Waals surface area contributed by atoms with E-state index in [1.165, 1.54) is 18.2 Å². The SMILES string of the molecule is CS(=O)(=O)c1cccc(O)c1CCCCN. The largest absolute Gasteiger partial charge is 0.508 e. The van der Waals surface area contributed by atoms with E-state index in [0.29, 0.717) is 18.5 Å². The van der Waals surface area contributed by atoms with E-state index in [4.69, 9.17) is 5.73 Å². The topological polar surface area (TPSA) is 80.4 Å². The second-order valence-electron chi connectivity index (χ2n) is 3.77. The summed E-state index contributed by atoms with van der Waals surface area (Å²) in [6.45, 7) is 0.571. The van der Waals surface area contributed by atoms with Gasteiger partial charge in [-0.3, -0.25) is 0 Å². The number of hydrogen-bond acceptors (Lipinski definition) is 4. The summed E-state index contributed by atoms with van der Waals surface area (Å²) in [5.41, 5.74) is 5.87. The highest BCUT2D eigenvalue weighted by Crippen LogP contribution is 2.26. The molecule has 0 amide bonds. The molecule has 1 aromatic rings. The van der Waals surface area contributed by atoms with Gasteiger partial charge in [0.1, 0.15) is 5.75 Å². The van der Waals surface area contributed by atoms with Crippen LogP contribution >= 0.6 is 0 Å². The molecule has 16 heavy (non-hydrogen) atoms. The van der Waals surface area contributed by atoms with Gasteiger partial charge in [-0.25, -0.2) is 8.42 Å². The zero-order valence-corrected chi connectivity index (χ0v) is 10.1. The number of aromatic hydroxyl groups is 1. The van der Waals surface area contributed by atoms with E-state index in [1.54, 1.807) is 0 Å². The first-order chi connectivity index (χ1) is 7.46. The van der Waals surface area contributed by atoms with E-state index in [9.17, 15) is 13.5 Å². The standard InChI is InChI=1S/C11H17NO3S/c1-16(14,15)11-7-4-6-10(13)9(11)5-2-3-8-12/h4,6-7,13H,2-3,5,8,12H2,1H3. The van der Waals surface area contributed by atoms with Gasteiger partial charge in [0.2, 0.25) is 0 Å². The fraction of sp³-hybridized carbons (Fsp3) is 0.455. The maximum absolute atomic E-state index is 11.5. The molecule has 0 saturated carbocycles. The Bertz CT molecular complexity index is 454. The molecule has 0 saturated heterocycles. The molecule has 1 rings (SSSR count). The van der Waals surface area contributed by atoms with Crippen LogP contribution in [0.3, 0.4) is 0 Å². The number of phenols is 1. The van der Waals surface area contributed by atoms with Crippen LogP contribution in [0.5, 0.6) is 5.75 Å². The van der Waals surface area contributed by atoms with Gasteiger partial charge in [-0.15, -0.1) is 0 Å². The van der Waals surface area contributed by atoms with E-state index in [1.807, 2.05) is 0 Å². The van der Waals surface area contributed by atoms with Gasteiger partial charge in [0.15, 0.2) is 9.84 Å². The summed E-state index contributed by atoms with van der Waals surface area (Å²) in [4.78, 5) is 0.213. The van der Waals surface area contributed by atoms with Crippen LogP contribution < -0.4 is 5.73 Å². The van der Waals surface area contributed by atoms with Crippen molar-refractivity contribution in [3.05, 3.63) is 23.8 Å². The van der Waals surface area contributed by atoms with E-state index >= 15 is 0 Å². The Morgan fingerprint density at radius 1 is 1.31 bits per heavy atom. The highest BCUT2D eigenvalue weighted by molar-refractivity contribution is 7.90. The summed E-state index contributed by atoms with van der Waals surface area (Å²) < 4.78 is 23.0. The Labute approximate surface area is 96.0 Å². The number of rotatable bonds is 5. The highest BCUT2D eigenvalue weighted by atomic mass is 32.2. The van der Waals surface area contributed by atoms with Crippen molar-refractivity contribution < 1.29 is 13.5 Å². The molecule has 0 spiro atoms. The van der Waals surface area contributed by atoms with Gasteiger partial charge in [-0.1, -0.05) is 6.07 Å². The average molecular weight is 243 g/mol. The summed E-state index contributed by atoms with van der Waals surface area (Å²) in [5.74, 6) is 0.0416. The van der Waals surface area contributed by atoms with Gasteiger partial charge in [0, 0.05) is 11.8 Å². The molecule has 0 aliphatic rings. The molecule has 90 valence electrons. The normalized spacial score (nSPS) is 11.6. The first-order valence-electron chi connectivity index (χ1n) is 5.18. The van der Waals surface area contributed by atoms with Crippen LogP contribution in [-0.2, 0) is 16.3 Å². The van der Waals surface area contributed by atoms with Crippen molar-refractivity contribution in [3.63, 3.8) is 0 Å². The van der Waals surface area contributed by atoms with Crippen LogP contribution in [0.2, 0.25) is 0 Å². The van der Waals surface area contributed by atoms with Gasteiger partial charge in [0.25, 0.3) is 0 Å². The Morgan fingerprint density at radius 3 is 2.56 bits per heavy atom. The minimum absolute atomic E-state index is 0.0416. The molecule has 0 aliphatic heterocycles. The summed E-state index contributed by atoms with van der Waals surface area (Å²) in [6, 6.07) is 4.57. The van der Waals surface area contributed by atoms with Crippen molar-refractivity contribution in [2.45, 2.75) is 24.2 Å². The molecule has 0 aromatic heterocycles. The van der Waals surface area contributed by atoms with Gasteiger partial charge in [-0.05, 0) is 37.9 Å². The molecule has 3 N–H and O–H groups in total. The molecule has 0 heterocycles. The Hall–Kier alpha value is -1.07. The summed E-state index contributed by atoms with van der Waals surface area (Å²) >= 11 is 0. The van der Waals surface area contributed by atoms with Gasteiger partial charge in [0.05, 0.1) is 4.90 Å². The third-order valence-electron chi connectivity index (χ3n) is 2.39. The first kappa shape index (κ1) is 13.0. The Morgan fingerprint density at radius 2 is 2.00 bits per heavy atom. The summed E-state index contributed by atoms with van der Waals surface area (Å²) in [6.07, 6.45) is 3.27. The van der Waals surface area contributed by atoms with Crippen LogP contribution in [0.25, 0.3) is 0 Å². The molecule has 0 radical (unpaired) electrons. The lowest BCUT2D eigenvalue weighted by Crippen LogP contribution is -2.04. The minimum Gasteiger partial charge on any atom is -0.508 e. The fourth-order valence-corrected chi connectivity index (χ4v) is 2.58. The van der Waals surface area contributed by atoms with Crippen LogP contribution in [0.4, 0.5) is 0 Å².